The summed E-state index contributed by atoms with van der Waals surface area (Å²) in [4.78, 5) is 5.87. The minimum atomic E-state index is -0.135. The number of fused-ring (bicyclic) bond motifs is 13. The Morgan fingerprint density at radius 2 is 1.17 bits per heavy atom. The average molecular weight is 842 g/mol. The van der Waals surface area contributed by atoms with Crippen molar-refractivity contribution in [2.75, 3.05) is 0 Å². The van der Waals surface area contributed by atoms with Crippen LogP contribution in [-0.4, -0.2) is 10.4 Å². The summed E-state index contributed by atoms with van der Waals surface area (Å²) in [5, 5.41) is 16.0. The number of hydrogen-bond acceptors (Lipinski definition) is 5. The second-order valence-electron chi connectivity index (χ2n) is 17.4. The van der Waals surface area contributed by atoms with E-state index < -0.39 is 0 Å². The number of furan rings is 2. The molecule has 1 N–H and O–H groups in total. The van der Waals surface area contributed by atoms with Gasteiger partial charge in [0, 0.05) is 70.0 Å². The van der Waals surface area contributed by atoms with Crippen LogP contribution >= 0.6 is 11.3 Å². The van der Waals surface area contributed by atoms with Gasteiger partial charge in [-0.3, -0.25) is 4.99 Å². The van der Waals surface area contributed by atoms with Gasteiger partial charge in [-0.2, -0.15) is 0 Å². The van der Waals surface area contributed by atoms with Crippen LogP contribution in [0.25, 0.3) is 102 Å². The van der Waals surface area contributed by atoms with Gasteiger partial charge in [0.2, 0.25) is 0 Å². The zero-order valence-corrected chi connectivity index (χ0v) is 35.7. The van der Waals surface area contributed by atoms with E-state index in [9.17, 15) is 0 Å². The van der Waals surface area contributed by atoms with Crippen molar-refractivity contribution in [3.63, 3.8) is 0 Å². The number of para-hydroxylation sites is 3. The van der Waals surface area contributed by atoms with Crippen molar-refractivity contribution in [3.8, 4) is 5.69 Å². The lowest BCUT2D eigenvalue weighted by Gasteiger charge is -2.38. The highest BCUT2D eigenvalue weighted by molar-refractivity contribution is 7.25. The zero-order chi connectivity index (χ0) is 42.0. The molecule has 13 aromatic rings. The molecule has 0 saturated heterocycles. The monoisotopic (exact) mass is 841 g/mol. The van der Waals surface area contributed by atoms with E-state index in [1.807, 2.05) is 17.4 Å². The molecule has 64 heavy (non-hydrogen) atoms. The van der Waals surface area contributed by atoms with E-state index >= 15 is 0 Å². The molecule has 3 atom stereocenters. The van der Waals surface area contributed by atoms with Crippen molar-refractivity contribution in [2.24, 2.45) is 10.9 Å². The lowest BCUT2D eigenvalue weighted by atomic mass is 9.80. The predicted molar refractivity (Wildman–Crippen MR) is 268 cm³/mol. The Morgan fingerprint density at radius 3 is 2.03 bits per heavy atom. The molecule has 0 radical (unpaired) electrons. The van der Waals surface area contributed by atoms with E-state index in [4.69, 9.17) is 13.8 Å². The lowest BCUT2D eigenvalue weighted by Crippen LogP contribution is -2.41. The summed E-state index contributed by atoms with van der Waals surface area (Å²) in [5.41, 5.74) is 10.2. The van der Waals surface area contributed by atoms with Gasteiger partial charge in [-0.25, -0.2) is 0 Å². The van der Waals surface area contributed by atoms with Crippen LogP contribution in [0.15, 0.2) is 196 Å². The van der Waals surface area contributed by atoms with Gasteiger partial charge < -0.3 is 18.7 Å². The quantitative estimate of drug-likeness (QED) is 0.188. The fourth-order valence-electron chi connectivity index (χ4n) is 10.9. The van der Waals surface area contributed by atoms with Crippen molar-refractivity contribution >= 4 is 114 Å². The van der Waals surface area contributed by atoms with Crippen molar-refractivity contribution in [3.05, 3.63) is 199 Å². The molecule has 0 aliphatic carbocycles. The molecule has 1 aliphatic heterocycles. The maximum Gasteiger partial charge on any atom is 0.138 e. The van der Waals surface area contributed by atoms with Gasteiger partial charge in [0.1, 0.15) is 28.2 Å². The summed E-state index contributed by atoms with van der Waals surface area (Å²) in [5.74, 6) is 0.994. The summed E-state index contributed by atoms with van der Waals surface area (Å²) in [6.07, 6.45) is 0.918. The number of aromatic nitrogens is 1. The number of amidine groups is 1. The number of thiophene rings is 1. The van der Waals surface area contributed by atoms with Crippen LogP contribution in [0.1, 0.15) is 42.1 Å². The highest BCUT2D eigenvalue weighted by Gasteiger charge is 2.37. The van der Waals surface area contributed by atoms with Crippen LogP contribution in [0.4, 0.5) is 0 Å². The minimum absolute atomic E-state index is 0.0744. The van der Waals surface area contributed by atoms with Gasteiger partial charge in [0.05, 0.1) is 28.8 Å². The third kappa shape index (κ3) is 5.26. The van der Waals surface area contributed by atoms with E-state index in [-0.39, 0.29) is 18.0 Å². The first-order valence-electron chi connectivity index (χ1n) is 22.2. The van der Waals surface area contributed by atoms with Crippen LogP contribution in [-0.2, 0) is 0 Å². The smallest absolute Gasteiger partial charge is 0.138 e. The first-order chi connectivity index (χ1) is 31.6. The molecule has 9 aromatic carbocycles. The number of benzene rings is 9. The summed E-state index contributed by atoms with van der Waals surface area (Å²) in [6, 6.07) is 65.7. The Hall–Kier alpha value is -7.67. The van der Waals surface area contributed by atoms with Crippen molar-refractivity contribution in [2.45, 2.75) is 25.4 Å². The molecule has 0 fully saturated rings. The Bertz CT molecular complexity index is 4090. The molecule has 4 aromatic heterocycles. The van der Waals surface area contributed by atoms with E-state index in [0.29, 0.717) is 0 Å². The standard InChI is InChI=1S/C58H39N3O2S/c1-2-38-56(35-23-25-41-40-16-6-10-20-49(40)62-51(41)29-35)59-58(60-57(38)36-24-26-43-42-17-8-12-22-53(42)64-54(43)30-36)46-31-37(32-52-55(46)44-18-7-11-21-50(44)63-52)61-47-19-9-5-15-39(47)45-27-33-13-3-4-14-34(33)28-48(45)61/h3-32,38,56-57H,2H2,1H3,(H,59,60)/t38-,56?,57?/m1/s1. The van der Waals surface area contributed by atoms with Gasteiger partial charge >= 0.3 is 0 Å². The third-order valence-electron chi connectivity index (χ3n) is 13.9. The summed E-state index contributed by atoms with van der Waals surface area (Å²) >= 11 is 1.86. The van der Waals surface area contributed by atoms with Gasteiger partial charge in [0.15, 0.2) is 0 Å². The minimum Gasteiger partial charge on any atom is -0.456 e. The van der Waals surface area contributed by atoms with E-state index in [1.54, 1.807) is 0 Å². The zero-order valence-electron chi connectivity index (χ0n) is 34.9. The maximum absolute atomic E-state index is 6.83. The lowest BCUT2D eigenvalue weighted by molar-refractivity contribution is 0.311. The second kappa shape index (κ2) is 13.7. The number of nitrogens with one attached hydrogen (secondary N) is 1. The van der Waals surface area contributed by atoms with Crippen LogP contribution < -0.4 is 5.32 Å². The van der Waals surface area contributed by atoms with Crippen LogP contribution in [0.2, 0.25) is 0 Å². The third-order valence-corrected chi connectivity index (χ3v) is 15.0. The molecule has 0 saturated carbocycles. The van der Waals surface area contributed by atoms with Crippen molar-refractivity contribution in [1.29, 1.82) is 0 Å². The fourth-order valence-corrected chi connectivity index (χ4v) is 12.1. The predicted octanol–water partition coefficient (Wildman–Crippen LogP) is 16.0. The first kappa shape index (κ1) is 35.9. The molecule has 0 amide bonds. The van der Waals surface area contributed by atoms with Gasteiger partial charge in [-0.05, 0) is 82.9 Å². The normalized spacial score (nSPS) is 17.0. The number of hydrogen-bond donors (Lipinski definition) is 1. The number of aliphatic imine (C=N–C) groups is 1. The Kier molecular flexibility index (Phi) is 7.66. The van der Waals surface area contributed by atoms with E-state index in [2.05, 4.69) is 193 Å². The average Bonchev–Trinajstić information content (AvgIpc) is 4.10. The molecule has 0 spiro atoms. The summed E-state index contributed by atoms with van der Waals surface area (Å²) in [7, 11) is 0. The van der Waals surface area contributed by atoms with E-state index in [0.717, 1.165) is 78.4 Å². The number of rotatable bonds is 5. The van der Waals surface area contributed by atoms with Gasteiger partial charge in [-0.1, -0.05) is 128 Å². The molecule has 5 nitrogen and oxygen atoms in total. The molecule has 304 valence electrons. The second-order valence-corrected chi connectivity index (χ2v) is 18.4. The topological polar surface area (TPSA) is 55.6 Å². The Labute approximate surface area is 371 Å². The van der Waals surface area contributed by atoms with Crippen molar-refractivity contribution < 1.29 is 8.83 Å². The van der Waals surface area contributed by atoms with E-state index in [1.165, 1.54) is 52.8 Å². The molecule has 1 aliphatic rings. The molecular formula is C58H39N3O2S. The first-order valence-corrected chi connectivity index (χ1v) is 23.0. The Balaban J connectivity index is 1.03. The molecule has 14 rings (SSSR count). The largest absolute Gasteiger partial charge is 0.456 e. The highest BCUT2D eigenvalue weighted by Crippen LogP contribution is 2.46. The maximum atomic E-state index is 6.83. The molecular weight excluding hydrogens is 803 g/mol. The van der Waals surface area contributed by atoms with Crippen LogP contribution in [0, 0.1) is 5.92 Å². The van der Waals surface area contributed by atoms with Gasteiger partial charge in [-0.15, -0.1) is 11.3 Å². The molecule has 6 heteroatoms. The number of nitrogens with zero attached hydrogens (tertiary/aromatic N) is 2. The molecule has 0 bridgehead atoms. The van der Waals surface area contributed by atoms with Crippen molar-refractivity contribution in [1.82, 2.24) is 9.88 Å². The van der Waals surface area contributed by atoms with Crippen LogP contribution in [0.5, 0.6) is 0 Å². The summed E-state index contributed by atoms with van der Waals surface area (Å²) in [6.45, 7) is 2.30. The SMILES string of the molecule is CC[C@H]1C(c2ccc3c(c2)sc2ccccc23)N=C(c2cc(-n3c4ccccc4c4cc5ccccc5cc43)cc3oc4ccccc4c23)NC1c1ccc2c(c1)oc1ccccc12. The molecule has 2 unspecified atom stereocenters. The van der Waals surface area contributed by atoms with Gasteiger partial charge in [0.25, 0.3) is 0 Å². The molecule has 5 heterocycles. The highest BCUT2D eigenvalue weighted by atomic mass is 32.1. The Morgan fingerprint density at radius 1 is 0.516 bits per heavy atom. The summed E-state index contributed by atoms with van der Waals surface area (Å²) < 4.78 is 18.4. The fraction of sp³-hybridized carbons (Fsp3) is 0.0862. The van der Waals surface area contributed by atoms with Crippen LogP contribution in [0.3, 0.4) is 0 Å².